The standard InChI is InChI=1S/C17H23NOS/c1-17(15-5-3-2-4-6-15)11-14(12-17)16(19)13-18-7-9-20-10-8-18/h2-6,14H,7-13H2,1H3. The zero-order chi connectivity index (χ0) is 14.0. The van der Waals surface area contributed by atoms with Crippen molar-refractivity contribution in [3.63, 3.8) is 0 Å². The summed E-state index contributed by atoms with van der Waals surface area (Å²) in [6, 6.07) is 10.6. The van der Waals surface area contributed by atoms with Gasteiger partial charge < -0.3 is 0 Å². The molecule has 0 unspecified atom stereocenters. The second-order valence-corrected chi connectivity index (χ2v) is 7.61. The molecule has 0 N–H and O–H groups in total. The van der Waals surface area contributed by atoms with Crippen LogP contribution in [0.15, 0.2) is 30.3 Å². The predicted molar refractivity (Wildman–Crippen MR) is 85.3 cm³/mol. The Bertz CT molecular complexity index is 461. The van der Waals surface area contributed by atoms with Crippen LogP contribution in [-0.4, -0.2) is 41.8 Å². The quantitative estimate of drug-likeness (QED) is 0.850. The minimum absolute atomic E-state index is 0.222. The Morgan fingerprint density at radius 3 is 2.55 bits per heavy atom. The van der Waals surface area contributed by atoms with E-state index < -0.39 is 0 Å². The van der Waals surface area contributed by atoms with Gasteiger partial charge in [-0.25, -0.2) is 0 Å². The zero-order valence-corrected chi connectivity index (χ0v) is 13.0. The molecule has 0 amide bonds. The van der Waals surface area contributed by atoms with Gasteiger partial charge >= 0.3 is 0 Å². The highest BCUT2D eigenvalue weighted by Crippen LogP contribution is 2.47. The summed E-state index contributed by atoms with van der Waals surface area (Å²) in [5.74, 6) is 3.11. The van der Waals surface area contributed by atoms with E-state index in [1.54, 1.807) is 0 Å². The summed E-state index contributed by atoms with van der Waals surface area (Å²) in [6.07, 6.45) is 2.05. The second-order valence-electron chi connectivity index (χ2n) is 6.39. The van der Waals surface area contributed by atoms with E-state index in [2.05, 4.69) is 42.2 Å². The molecule has 2 fully saturated rings. The number of Topliss-reactive ketones (excluding diaryl/α,β-unsaturated/α-hetero) is 1. The van der Waals surface area contributed by atoms with Crippen LogP contribution in [-0.2, 0) is 10.2 Å². The molecule has 0 bridgehead atoms. The summed E-state index contributed by atoms with van der Waals surface area (Å²) < 4.78 is 0. The van der Waals surface area contributed by atoms with E-state index in [-0.39, 0.29) is 11.3 Å². The molecule has 0 atom stereocenters. The lowest BCUT2D eigenvalue weighted by atomic mass is 9.58. The summed E-state index contributed by atoms with van der Waals surface area (Å²) in [7, 11) is 0. The lowest BCUT2D eigenvalue weighted by Gasteiger charge is -2.45. The third-order valence-corrected chi connectivity index (χ3v) is 5.75. The Hall–Kier alpha value is -0.800. The van der Waals surface area contributed by atoms with Gasteiger partial charge in [0.15, 0.2) is 0 Å². The molecule has 1 aromatic carbocycles. The molecule has 0 spiro atoms. The van der Waals surface area contributed by atoms with Crippen LogP contribution in [0.25, 0.3) is 0 Å². The van der Waals surface area contributed by atoms with Crippen molar-refractivity contribution >= 4 is 17.5 Å². The molecule has 2 nitrogen and oxygen atoms in total. The Morgan fingerprint density at radius 1 is 1.25 bits per heavy atom. The van der Waals surface area contributed by atoms with Crippen LogP contribution in [0.3, 0.4) is 0 Å². The molecular formula is C17H23NOS. The SMILES string of the molecule is CC1(c2ccccc2)CC(C(=O)CN2CCSCC2)C1. The van der Waals surface area contributed by atoms with Crippen LogP contribution in [0.5, 0.6) is 0 Å². The summed E-state index contributed by atoms with van der Waals surface area (Å²) in [4.78, 5) is 14.7. The minimum atomic E-state index is 0.222. The van der Waals surface area contributed by atoms with Crippen molar-refractivity contribution in [2.45, 2.75) is 25.2 Å². The molecule has 3 rings (SSSR count). The van der Waals surface area contributed by atoms with Crippen LogP contribution in [0.2, 0.25) is 0 Å². The van der Waals surface area contributed by atoms with Crippen molar-refractivity contribution in [2.24, 2.45) is 5.92 Å². The first-order valence-corrected chi connectivity index (χ1v) is 8.71. The molecule has 1 aliphatic carbocycles. The van der Waals surface area contributed by atoms with Crippen molar-refractivity contribution in [3.8, 4) is 0 Å². The number of thioether (sulfide) groups is 1. The number of rotatable bonds is 4. The maximum atomic E-state index is 12.4. The van der Waals surface area contributed by atoms with Crippen molar-refractivity contribution < 1.29 is 4.79 Å². The molecule has 1 heterocycles. The highest BCUT2D eigenvalue weighted by molar-refractivity contribution is 7.99. The molecule has 2 aliphatic rings. The normalized spacial score (nSPS) is 30.8. The summed E-state index contributed by atoms with van der Waals surface area (Å²) >= 11 is 2.00. The first-order chi connectivity index (χ1) is 9.67. The second kappa shape index (κ2) is 5.90. The largest absolute Gasteiger partial charge is 0.298 e. The van der Waals surface area contributed by atoms with Crippen LogP contribution < -0.4 is 0 Å². The Balaban J connectivity index is 1.53. The fraction of sp³-hybridized carbons (Fsp3) is 0.588. The number of carbonyl (C=O) groups is 1. The van der Waals surface area contributed by atoms with Crippen LogP contribution >= 0.6 is 11.8 Å². The molecule has 0 aromatic heterocycles. The Labute approximate surface area is 125 Å². The lowest BCUT2D eigenvalue weighted by molar-refractivity contribution is -0.128. The highest BCUT2D eigenvalue weighted by Gasteiger charge is 2.44. The fourth-order valence-corrected chi connectivity index (χ4v) is 4.42. The third-order valence-electron chi connectivity index (χ3n) is 4.80. The molecule has 0 radical (unpaired) electrons. The van der Waals surface area contributed by atoms with Gasteiger partial charge in [0, 0.05) is 30.5 Å². The van der Waals surface area contributed by atoms with Crippen molar-refractivity contribution in [2.75, 3.05) is 31.1 Å². The van der Waals surface area contributed by atoms with E-state index >= 15 is 0 Å². The van der Waals surface area contributed by atoms with E-state index in [4.69, 9.17) is 0 Å². The van der Waals surface area contributed by atoms with E-state index in [1.807, 2.05) is 11.8 Å². The van der Waals surface area contributed by atoms with Gasteiger partial charge in [0.25, 0.3) is 0 Å². The average Bonchev–Trinajstić information content (AvgIpc) is 2.46. The highest BCUT2D eigenvalue weighted by atomic mass is 32.2. The molecule has 20 heavy (non-hydrogen) atoms. The number of hydrogen-bond acceptors (Lipinski definition) is 3. The van der Waals surface area contributed by atoms with Crippen LogP contribution in [0.1, 0.15) is 25.3 Å². The minimum Gasteiger partial charge on any atom is -0.298 e. The lowest BCUT2D eigenvalue weighted by Crippen LogP contribution is -2.46. The van der Waals surface area contributed by atoms with Gasteiger partial charge in [0.05, 0.1) is 6.54 Å². The molecule has 3 heteroatoms. The maximum Gasteiger partial charge on any atom is 0.149 e. The molecule has 1 aromatic rings. The Kier molecular flexibility index (Phi) is 4.18. The first kappa shape index (κ1) is 14.2. The molecular weight excluding hydrogens is 266 g/mol. The number of hydrogen-bond donors (Lipinski definition) is 0. The number of benzene rings is 1. The third kappa shape index (κ3) is 2.94. The average molecular weight is 289 g/mol. The molecule has 1 saturated carbocycles. The smallest absolute Gasteiger partial charge is 0.149 e. The zero-order valence-electron chi connectivity index (χ0n) is 12.2. The molecule has 1 aliphatic heterocycles. The number of carbonyl (C=O) groups excluding carboxylic acids is 1. The summed E-state index contributed by atoms with van der Waals surface area (Å²) in [5.41, 5.74) is 1.61. The monoisotopic (exact) mass is 289 g/mol. The van der Waals surface area contributed by atoms with E-state index in [9.17, 15) is 4.79 Å². The van der Waals surface area contributed by atoms with Gasteiger partial charge in [-0.05, 0) is 23.8 Å². The van der Waals surface area contributed by atoms with Crippen molar-refractivity contribution in [1.82, 2.24) is 4.90 Å². The van der Waals surface area contributed by atoms with Gasteiger partial charge in [-0.2, -0.15) is 11.8 Å². The van der Waals surface area contributed by atoms with E-state index in [0.717, 1.165) is 25.9 Å². The maximum absolute atomic E-state index is 12.4. The Morgan fingerprint density at radius 2 is 1.90 bits per heavy atom. The number of nitrogens with zero attached hydrogens (tertiary/aromatic N) is 1. The summed E-state index contributed by atoms with van der Waals surface area (Å²) in [6.45, 7) is 5.14. The van der Waals surface area contributed by atoms with Gasteiger partial charge in [-0.1, -0.05) is 37.3 Å². The molecule has 108 valence electrons. The van der Waals surface area contributed by atoms with Gasteiger partial charge in [0.2, 0.25) is 0 Å². The van der Waals surface area contributed by atoms with Gasteiger partial charge in [0.1, 0.15) is 5.78 Å². The first-order valence-electron chi connectivity index (χ1n) is 7.56. The number of ketones is 1. The fourth-order valence-electron chi connectivity index (χ4n) is 3.44. The van der Waals surface area contributed by atoms with E-state index in [0.29, 0.717) is 12.3 Å². The topological polar surface area (TPSA) is 20.3 Å². The predicted octanol–water partition coefficient (Wildman–Crippen LogP) is 2.97. The van der Waals surface area contributed by atoms with Gasteiger partial charge in [-0.15, -0.1) is 0 Å². The van der Waals surface area contributed by atoms with Crippen LogP contribution in [0, 0.1) is 5.92 Å². The van der Waals surface area contributed by atoms with Crippen molar-refractivity contribution in [1.29, 1.82) is 0 Å². The molecule has 1 saturated heterocycles. The van der Waals surface area contributed by atoms with Crippen LogP contribution in [0.4, 0.5) is 0 Å². The van der Waals surface area contributed by atoms with Gasteiger partial charge in [-0.3, -0.25) is 9.69 Å². The van der Waals surface area contributed by atoms with E-state index in [1.165, 1.54) is 17.1 Å². The van der Waals surface area contributed by atoms with Crippen molar-refractivity contribution in [3.05, 3.63) is 35.9 Å². The summed E-state index contributed by atoms with van der Waals surface area (Å²) in [5, 5.41) is 0.